The van der Waals surface area contributed by atoms with Crippen molar-refractivity contribution in [3.8, 4) is 0 Å². The molecule has 0 aliphatic carbocycles. The van der Waals surface area contributed by atoms with E-state index in [2.05, 4.69) is 27.5 Å². The monoisotopic (exact) mass is 473 g/mol. The molecular formula is C19H12BrN3O3S2. The van der Waals surface area contributed by atoms with Crippen LogP contribution in [0.2, 0.25) is 0 Å². The number of aromatic nitrogens is 1. The van der Waals surface area contributed by atoms with Crippen LogP contribution in [0.4, 0.5) is 5.69 Å². The summed E-state index contributed by atoms with van der Waals surface area (Å²) >= 11 is 6.16. The van der Waals surface area contributed by atoms with Crippen molar-refractivity contribution in [1.82, 2.24) is 4.57 Å². The maximum absolute atomic E-state index is 12.8. The van der Waals surface area contributed by atoms with Gasteiger partial charge in [-0.3, -0.25) is 14.9 Å². The predicted octanol–water partition coefficient (Wildman–Crippen LogP) is 5.52. The first kappa shape index (κ1) is 18.7. The van der Waals surface area contributed by atoms with Gasteiger partial charge in [-0.05, 0) is 30.3 Å². The molecule has 4 aromatic rings. The fourth-order valence-electron chi connectivity index (χ4n) is 2.83. The fourth-order valence-corrected chi connectivity index (χ4v) is 5.35. The van der Waals surface area contributed by atoms with Gasteiger partial charge < -0.3 is 4.57 Å². The minimum absolute atomic E-state index is 0.000135. The second-order valence-corrected chi connectivity index (χ2v) is 8.91. The lowest BCUT2D eigenvalue weighted by atomic mass is 10.2. The van der Waals surface area contributed by atoms with E-state index >= 15 is 0 Å². The number of fused-ring (bicyclic) bond motifs is 2. The summed E-state index contributed by atoms with van der Waals surface area (Å²) in [6.07, 6.45) is 1.76. The smallest absolute Gasteiger partial charge is 0.289 e. The first-order valence-corrected chi connectivity index (χ1v) is 10.6. The van der Waals surface area contributed by atoms with Crippen molar-refractivity contribution in [3.63, 3.8) is 0 Å². The topological polar surface area (TPSA) is 77.5 Å². The Balaban J connectivity index is 1.81. The Labute approximate surface area is 175 Å². The fraction of sp³-hybridized carbons (Fsp3) is 0.0526. The zero-order valence-corrected chi connectivity index (χ0v) is 17.5. The van der Waals surface area contributed by atoms with Crippen LogP contribution in [0.15, 0.2) is 64.6 Å². The number of rotatable bonds is 4. The van der Waals surface area contributed by atoms with E-state index in [0.717, 1.165) is 19.4 Å². The van der Waals surface area contributed by atoms with E-state index in [1.807, 2.05) is 22.8 Å². The summed E-state index contributed by atoms with van der Waals surface area (Å²) in [7, 11) is 0. The van der Waals surface area contributed by atoms with Gasteiger partial charge >= 0.3 is 0 Å². The van der Waals surface area contributed by atoms with Gasteiger partial charge in [0, 0.05) is 33.2 Å². The van der Waals surface area contributed by atoms with Crippen molar-refractivity contribution in [2.45, 2.75) is 6.54 Å². The summed E-state index contributed by atoms with van der Waals surface area (Å²) in [5.41, 5.74) is 0.978. The van der Waals surface area contributed by atoms with Crippen LogP contribution in [-0.2, 0) is 6.54 Å². The number of nitro benzene ring substituents is 1. The van der Waals surface area contributed by atoms with E-state index in [1.54, 1.807) is 18.2 Å². The number of hydrogen-bond donors (Lipinski definition) is 0. The second kappa shape index (κ2) is 7.42. The first-order valence-electron chi connectivity index (χ1n) is 8.13. The van der Waals surface area contributed by atoms with Crippen molar-refractivity contribution in [2.75, 3.05) is 0 Å². The van der Waals surface area contributed by atoms with Gasteiger partial charge in [-0.2, -0.15) is 4.99 Å². The molecule has 6 nitrogen and oxygen atoms in total. The number of nitro groups is 1. The van der Waals surface area contributed by atoms with Crippen LogP contribution >= 0.6 is 38.6 Å². The molecule has 2 heterocycles. The number of carbonyl (C=O) groups excluding carboxylic acids is 1. The maximum Gasteiger partial charge on any atom is 0.289 e. The number of halogens is 1. The molecule has 0 atom stereocenters. The molecule has 2 aromatic heterocycles. The number of benzene rings is 2. The normalized spacial score (nSPS) is 12.0. The van der Waals surface area contributed by atoms with Crippen molar-refractivity contribution in [3.05, 3.63) is 79.4 Å². The highest BCUT2D eigenvalue weighted by Gasteiger charge is 2.14. The van der Waals surface area contributed by atoms with Crippen LogP contribution in [-0.4, -0.2) is 15.4 Å². The first-order chi connectivity index (χ1) is 13.5. The summed E-state index contributed by atoms with van der Waals surface area (Å²) in [6.45, 7) is 4.32. The zero-order chi connectivity index (χ0) is 19.8. The zero-order valence-electron chi connectivity index (χ0n) is 14.3. The molecule has 0 aliphatic rings. The molecule has 0 fully saturated rings. The summed E-state index contributed by atoms with van der Waals surface area (Å²) in [5, 5.41) is 11.6. The standard InChI is InChI=1S/C19H12BrN3O3S2/c1-2-7-22-14-5-3-12(20)10-16(14)28-19(22)21-18(24)17-9-11-8-13(23(25)26)4-6-15(11)27-17/h2-6,8-10H,1,7H2. The minimum Gasteiger partial charge on any atom is -0.312 e. The van der Waals surface area contributed by atoms with E-state index in [-0.39, 0.29) is 11.6 Å². The van der Waals surface area contributed by atoms with Gasteiger partial charge in [0.05, 0.1) is 20.0 Å². The summed E-state index contributed by atoms with van der Waals surface area (Å²) in [4.78, 5) is 28.6. The minimum atomic E-state index is -0.448. The molecule has 0 saturated heterocycles. The average Bonchev–Trinajstić information content (AvgIpc) is 3.22. The van der Waals surface area contributed by atoms with E-state index < -0.39 is 4.92 Å². The number of thiazole rings is 1. The molecule has 0 N–H and O–H groups in total. The maximum atomic E-state index is 12.8. The number of non-ortho nitro benzene ring substituents is 1. The Hall–Kier alpha value is -2.62. The van der Waals surface area contributed by atoms with Crippen molar-refractivity contribution < 1.29 is 9.72 Å². The molecule has 0 bridgehead atoms. The van der Waals surface area contributed by atoms with Crippen molar-refractivity contribution >= 4 is 70.5 Å². The van der Waals surface area contributed by atoms with Crippen LogP contribution in [0.5, 0.6) is 0 Å². The number of thiophene rings is 1. The molecule has 0 spiro atoms. The third kappa shape index (κ3) is 3.44. The van der Waals surface area contributed by atoms with Gasteiger partial charge in [-0.25, -0.2) is 0 Å². The molecule has 0 saturated carbocycles. The Kier molecular flexibility index (Phi) is 4.96. The van der Waals surface area contributed by atoms with Gasteiger partial charge in [0.2, 0.25) is 0 Å². The summed E-state index contributed by atoms with van der Waals surface area (Å²) in [6, 6.07) is 12.1. The molecule has 140 valence electrons. The number of allylic oxidation sites excluding steroid dienone is 1. The van der Waals surface area contributed by atoms with Crippen LogP contribution in [0, 0.1) is 10.1 Å². The number of carbonyl (C=O) groups is 1. The third-order valence-electron chi connectivity index (χ3n) is 4.08. The Morgan fingerprint density at radius 2 is 2.04 bits per heavy atom. The molecule has 2 aromatic carbocycles. The molecule has 9 heteroatoms. The molecule has 0 aliphatic heterocycles. The Morgan fingerprint density at radius 1 is 1.21 bits per heavy atom. The lowest BCUT2D eigenvalue weighted by Gasteiger charge is -2.00. The van der Waals surface area contributed by atoms with E-state index in [9.17, 15) is 14.9 Å². The van der Waals surface area contributed by atoms with Gasteiger partial charge in [0.25, 0.3) is 11.6 Å². The number of amides is 1. The van der Waals surface area contributed by atoms with Crippen LogP contribution < -0.4 is 4.80 Å². The van der Waals surface area contributed by atoms with Crippen molar-refractivity contribution in [2.24, 2.45) is 4.99 Å². The van der Waals surface area contributed by atoms with Gasteiger partial charge in [0.15, 0.2) is 4.80 Å². The lowest BCUT2D eigenvalue weighted by Crippen LogP contribution is -2.15. The second-order valence-electron chi connectivity index (χ2n) is 5.90. The van der Waals surface area contributed by atoms with E-state index in [4.69, 9.17) is 0 Å². The molecule has 28 heavy (non-hydrogen) atoms. The Morgan fingerprint density at radius 3 is 2.79 bits per heavy atom. The van der Waals surface area contributed by atoms with Crippen LogP contribution in [0.25, 0.3) is 20.3 Å². The number of nitrogens with zero attached hydrogens (tertiary/aromatic N) is 3. The van der Waals surface area contributed by atoms with E-state index in [0.29, 0.717) is 21.6 Å². The Bertz CT molecular complexity index is 1330. The van der Waals surface area contributed by atoms with Crippen LogP contribution in [0.3, 0.4) is 0 Å². The highest BCUT2D eigenvalue weighted by Crippen LogP contribution is 2.29. The van der Waals surface area contributed by atoms with Gasteiger partial charge in [0.1, 0.15) is 0 Å². The van der Waals surface area contributed by atoms with Gasteiger partial charge in [-0.15, -0.1) is 17.9 Å². The predicted molar refractivity (Wildman–Crippen MR) is 116 cm³/mol. The molecule has 4 rings (SSSR count). The third-order valence-corrected chi connectivity index (χ3v) is 6.71. The van der Waals surface area contributed by atoms with E-state index in [1.165, 1.54) is 34.8 Å². The highest BCUT2D eigenvalue weighted by atomic mass is 79.9. The summed E-state index contributed by atoms with van der Waals surface area (Å²) < 4.78 is 4.71. The number of hydrogen-bond acceptors (Lipinski definition) is 5. The van der Waals surface area contributed by atoms with Crippen LogP contribution in [0.1, 0.15) is 9.67 Å². The largest absolute Gasteiger partial charge is 0.312 e. The quantitative estimate of drug-likeness (QED) is 0.222. The molecule has 1 amide bonds. The molecule has 0 unspecified atom stereocenters. The van der Waals surface area contributed by atoms with Gasteiger partial charge in [-0.1, -0.05) is 33.3 Å². The lowest BCUT2D eigenvalue weighted by molar-refractivity contribution is -0.384. The highest BCUT2D eigenvalue weighted by molar-refractivity contribution is 9.10. The van der Waals surface area contributed by atoms with Crippen molar-refractivity contribution in [1.29, 1.82) is 0 Å². The summed E-state index contributed by atoms with van der Waals surface area (Å²) in [5.74, 6) is -0.368. The average molecular weight is 474 g/mol. The molecule has 0 radical (unpaired) electrons. The SMILES string of the molecule is C=CCn1c(=NC(=O)c2cc3cc([N+](=O)[O-])ccc3s2)sc2cc(Br)ccc21. The molecular weight excluding hydrogens is 462 g/mol.